The lowest BCUT2D eigenvalue weighted by molar-refractivity contribution is -0.119. The van der Waals surface area contributed by atoms with Crippen molar-refractivity contribution < 1.29 is 9.59 Å². The predicted octanol–water partition coefficient (Wildman–Crippen LogP) is 2.26. The number of aromatic nitrogens is 2. The Balaban J connectivity index is 1.46. The summed E-state index contributed by atoms with van der Waals surface area (Å²) in [5, 5.41) is 9.28. The molecule has 0 spiro atoms. The number of fused-ring (bicyclic) bond motifs is 1. The molecule has 2 unspecified atom stereocenters. The van der Waals surface area contributed by atoms with Gasteiger partial charge in [-0.25, -0.2) is 0 Å². The number of carbonyl (C=O) groups is 2. The summed E-state index contributed by atoms with van der Waals surface area (Å²) in [6, 6.07) is 14.5. The van der Waals surface area contributed by atoms with Gasteiger partial charge in [0.05, 0.1) is 11.9 Å². The highest BCUT2D eigenvalue weighted by atomic mass is 16.2. The molecule has 25 heavy (non-hydrogen) atoms. The van der Waals surface area contributed by atoms with E-state index in [9.17, 15) is 9.59 Å². The van der Waals surface area contributed by atoms with E-state index in [1.165, 1.54) is 27.2 Å². The van der Waals surface area contributed by atoms with Gasteiger partial charge in [0, 0.05) is 12.1 Å². The van der Waals surface area contributed by atoms with Crippen LogP contribution >= 0.6 is 0 Å². The molecule has 4 rings (SSSR count). The number of amides is 2. The number of carbonyl (C=O) groups excluding carboxylic acids is 2. The second kappa shape index (κ2) is 6.05. The van der Waals surface area contributed by atoms with Gasteiger partial charge in [0.25, 0.3) is 0 Å². The van der Waals surface area contributed by atoms with Gasteiger partial charge < -0.3 is 11.1 Å². The van der Waals surface area contributed by atoms with Crippen molar-refractivity contribution in [3.8, 4) is 0 Å². The van der Waals surface area contributed by atoms with Crippen LogP contribution in [0, 0.1) is 5.92 Å². The number of nitrogens with zero attached hydrogens (tertiary/aromatic N) is 2. The molecular weight excluding hydrogens is 316 g/mol. The first kappa shape index (κ1) is 15.4. The Hall–Kier alpha value is -3.15. The molecule has 1 heterocycles. The Morgan fingerprint density at radius 2 is 2.00 bits per heavy atom. The number of rotatable bonds is 5. The quantitative estimate of drug-likeness (QED) is 0.750. The Bertz CT molecular complexity index is 957. The van der Waals surface area contributed by atoms with Crippen LogP contribution in [0.25, 0.3) is 10.8 Å². The zero-order valence-electron chi connectivity index (χ0n) is 13.6. The molecule has 1 fully saturated rings. The molecule has 6 nitrogen and oxygen atoms in total. The Kier molecular flexibility index (Phi) is 3.72. The average molecular weight is 334 g/mol. The Morgan fingerprint density at radius 3 is 2.84 bits per heavy atom. The summed E-state index contributed by atoms with van der Waals surface area (Å²) >= 11 is 0. The molecule has 2 aromatic carbocycles. The fourth-order valence-electron chi connectivity index (χ4n) is 3.31. The summed E-state index contributed by atoms with van der Waals surface area (Å²) in [6.07, 6.45) is 3.98. The molecule has 2 atom stereocenters. The molecule has 6 heteroatoms. The standard InChI is InChI=1S/C19H18N4O2/c20-18(24)11-23-10-13(9-21-23)22-19(25)17-8-16(17)15-7-3-5-12-4-1-2-6-14(12)15/h1-7,9-10,16-17H,8,11H2,(H2,20,24)(H,22,25). The molecule has 0 bridgehead atoms. The van der Waals surface area contributed by atoms with Gasteiger partial charge in [-0.3, -0.25) is 14.3 Å². The van der Waals surface area contributed by atoms with E-state index in [1.807, 2.05) is 18.2 Å². The van der Waals surface area contributed by atoms with Crippen molar-refractivity contribution in [2.45, 2.75) is 18.9 Å². The second-order valence-corrected chi connectivity index (χ2v) is 6.40. The maximum Gasteiger partial charge on any atom is 0.239 e. The SMILES string of the molecule is NC(=O)Cn1cc(NC(=O)C2CC2c2cccc3ccccc23)cn1. The van der Waals surface area contributed by atoms with E-state index in [-0.39, 0.29) is 24.3 Å². The molecule has 1 aromatic heterocycles. The number of primary amides is 1. The van der Waals surface area contributed by atoms with Crippen LogP contribution in [0.5, 0.6) is 0 Å². The summed E-state index contributed by atoms with van der Waals surface area (Å²) in [6.45, 7) is -0.00205. The first-order chi connectivity index (χ1) is 12.1. The third-order valence-electron chi connectivity index (χ3n) is 4.57. The smallest absolute Gasteiger partial charge is 0.239 e. The lowest BCUT2D eigenvalue weighted by Gasteiger charge is -2.06. The fraction of sp³-hybridized carbons (Fsp3) is 0.211. The lowest BCUT2D eigenvalue weighted by atomic mass is 10.00. The zero-order chi connectivity index (χ0) is 17.4. The van der Waals surface area contributed by atoms with Crippen molar-refractivity contribution in [3.63, 3.8) is 0 Å². The number of nitrogens with one attached hydrogen (secondary N) is 1. The largest absolute Gasteiger partial charge is 0.368 e. The molecule has 126 valence electrons. The Labute approximate surface area is 144 Å². The van der Waals surface area contributed by atoms with Crippen molar-refractivity contribution in [2.24, 2.45) is 11.7 Å². The van der Waals surface area contributed by atoms with Crippen LogP contribution < -0.4 is 11.1 Å². The summed E-state index contributed by atoms with van der Waals surface area (Å²) in [7, 11) is 0. The third-order valence-corrected chi connectivity index (χ3v) is 4.57. The molecule has 0 radical (unpaired) electrons. The van der Waals surface area contributed by atoms with Crippen LogP contribution in [0.1, 0.15) is 17.9 Å². The Morgan fingerprint density at radius 1 is 1.20 bits per heavy atom. The van der Waals surface area contributed by atoms with Gasteiger partial charge in [-0.1, -0.05) is 42.5 Å². The summed E-state index contributed by atoms with van der Waals surface area (Å²) in [5.74, 6) is -0.284. The molecule has 1 saturated carbocycles. The maximum atomic E-state index is 12.5. The number of anilines is 1. The summed E-state index contributed by atoms with van der Waals surface area (Å²) < 4.78 is 1.41. The minimum atomic E-state index is -0.473. The predicted molar refractivity (Wildman–Crippen MR) is 94.8 cm³/mol. The number of benzene rings is 2. The van der Waals surface area contributed by atoms with Gasteiger partial charge in [0.1, 0.15) is 6.54 Å². The molecule has 0 saturated heterocycles. The van der Waals surface area contributed by atoms with Crippen molar-refractivity contribution in [1.29, 1.82) is 0 Å². The van der Waals surface area contributed by atoms with E-state index < -0.39 is 5.91 Å². The first-order valence-corrected chi connectivity index (χ1v) is 8.21. The van der Waals surface area contributed by atoms with Crippen molar-refractivity contribution in [3.05, 3.63) is 60.4 Å². The van der Waals surface area contributed by atoms with Gasteiger partial charge in [0.2, 0.25) is 11.8 Å². The monoisotopic (exact) mass is 334 g/mol. The second-order valence-electron chi connectivity index (χ2n) is 6.40. The highest BCUT2D eigenvalue weighted by molar-refractivity contribution is 5.96. The maximum absolute atomic E-state index is 12.5. The number of nitrogens with two attached hydrogens (primary N) is 1. The van der Waals surface area contributed by atoms with E-state index in [2.05, 4.69) is 34.7 Å². The molecule has 3 N–H and O–H groups in total. The molecule has 2 amide bonds. The van der Waals surface area contributed by atoms with Crippen molar-refractivity contribution in [2.75, 3.05) is 5.32 Å². The molecule has 0 aliphatic heterocycles. The molecule has 1 aliphatic carbocycles. The van der Waals surface area contributed by atoms with Crippen LogP contribution in [-0.2, 0) is 16.1 Å². The van der Waals surface area contributed by atoms with Gasteiger partial charge in [-0.05, 0) is 28.7 Å². The summed E-state index contributed by atoms with van der Waals surface area (Å²) in [4.78, 5) is 23.4. The number of hydrogen-bond acceptors (Lipinski definition) is 3. The normalized spacial score (nSPS) is 18.9. The highest BCUT2D eigenvalue weighted by Crippen LogP contribution is 2.49. The third kappa shape index (κ3) is 3.10. The van der Waals surface area contributed by atoms with Gasteiger partial charge in [-0.15, -0.1) is 0 Å². The van der Waals surface area contributed by atoms with Crippen LogP contribution in [-0.4, -0.2) is 21.6 Å². The topological polar surface area (TPSA) is 90.0 Å². The van der Waals surface area contributed by atoms with E-state index in [0.29, 0.717) is 5.69 Å². The minimum Gasteiger partial charge on any atom is -0.368 e. The first-order valence-electron chi connectivity index (χ1n) is 8.21. The van der Waals surface area contributed by atoms with Gasteiger partial charge in [-0.2, -0.15) is 5.10 Å². The van der Waals surface area contributed by atoms with E-state index >= 15 is 0 Å². The molecule has 3 aromatic rings. The van der Waals surface area contributed by atoms with Crippen molar-refractivity contribution in [1.82, 2.24) is 9.78 Å². The van der Waals surface area contributed by atoms with Crippen LogP contribution in [0.15, 0.2) is 54.9 Å². The summed E-state index contributed by atoms with van der Waals surface area (Å²) in [5.41, 5.74) is 6.94. The highest BCUT2D eigenvalue weighted by Gasteiger charge is 2.44. The van der Waals surface area contributed by atoms with Crippen LogP contribution in [0.3, 0.4) is 0 Å². The van der Waals surface area contributed by atoms with E-state index in [0.717, 1.165) is 6.42 Å². The van der Waals surface area contributed by atoms with Crippen LogP contribution in [0.4, 0.5) is 5.69 Å². The van der Waals surface area contributed by atoms with E-state index in [1.54, 1.807) is 6.20 Å². The fourth-order valence-corrected chi connectivity index (χ4v) is 3.31. The van der Waals surface area contributed by atoms with Crippen molar-refractivity contribution >= 4 is 28.3 Å². The molecular formula is C19H18N4O2. The zero-order valence-corrected chi connectivity index (χ0v) is 13.6. The minimum absolute atomic E-state index is 0.00205. The van der Waals surface area contributed by atoms with Gasteiger partial charge in [0.15, 0.2) is 0 Å². The molecule has 1 aliphatic rings. The lowest BCUT2D eigenvalue weighted by Crippen LogP contribution is -2.19. The van der Waals surface area contributed by atoms with Gasteiger partial charge >= 0.3 is 0 Å². The number of hydrogen-bond donors (Lipinski definition) is 2. The van der Waals surface area contributed by atoms with E-state index in [4.69, 9.17) is 5.73 Å². The van der Waals surface area contributed by atoms with Crippen LogP contribution in [0.2, 0.25) is 0 Å². The average Bonchev–Trinajstić information content (AvgIpc) is 3.29.